The summed E-state index contributed by atoms with van der Waals surface area (Å²) in [6.45, 7) is 2.88. The van der Waals surface area contributed by atoms with Gasteiger partial charge in [-0.25, -0.2) is 0 Å². The van der Waals surface area contributed by atoms with Crippen LogP contribution in [0, 0.1) is 0 Å². The molecule has 1 aliphatic heterocycles. The molecule has 1 saturated heterocycles. The first-order chi connectivity index (χ1) is 9.79. The minimum absolute atomic E-state index is 0.243. The van der Waals surface area contributed by atoms with Crippen molar-refractivity contribution in [2.45, 2.75) is 43.7 Å². The van der Waals surface area contributed by atoms with E-state index >= 15 is 0 Å². The predicted octanol–water partition coefficient (Wildman–Crippen LogP) is 2.67. The monoisotopic (exact) mass is 274 g/mol. The number of hydrogen-bond donors (Lipinski definition) is 1. The number of hydrogen-bond acceptors (Lipinski definition) is 3. The molecule has 0 bridgehead atoms. The third-order valence-electron chi connectivity index (χ3n) is 4.69. The second kappa shape index (κ2) is 6.25. The summed E-state index contributed by atoms with van der Waals surface area (Å²) in [7, 11) is 1.77. The van der Waals surface area contributed by atoms with Crippen LogP contribution < -0.4 is 5.73 Å². The first-order valence-electron chi connectivity index (χ1n) is 7.88. The average molecular weight is 274 g/mol. The molecule has 3 nitrogen and oxygen atoms in total. The zero-order chi connectivity index (χ0) is 13.9. The summed E-state index contributed by atoms with van der Waals surface area (Å²) in [6, 6.07) is 9.80. The van der Waals surface area contributed by atoms with Crippen molar-refractivity contribution >= 4 is 0 Å². The molecule has 2 fully saturated rings. The maximum Gasteiger partial charge on any atom is 0.0589 e. The first-order valence-corrected chi connectivity index (χ1v) is 7.88. The summed E-state index contributed by atoms with van der Waals surface area (Å²) in [6.07, 6.45) is 5.05. The lowest BCUT2D eigenvalue weighted by atomic mass is 9.90. The third-order valence-corrected chi connectivity index (χ3v) is 4.69. The first kappa shape index (κ1) is 14.1. The van der Waals surface area contributed by atoms with Crippen molar-refractivity contribution in [2.24, 2.45) is 5.73 Å². The van der Waals surface area contributed by atoms with Gasteiger partial charge in [0.25, 0.3) is 0 Å². The van der Waals surface area contributed by atoms with Gasteiger partial charge < -0.3 is 10.5 Å². The van der Waals surface area contributed by atoms with Gasteiger partial charge in [0.1, 0.15) is 0 Å². The summed E-state index contributed by atoms with van der Waals surface area (Å²) < 4.78 is 5.24. The SMILES string of the molecule is COCCN1CCCC(N)C1c1ccc(C2CC2)cc1. The Morgan fingerprint density at radius 2 is 1.85 bits per heavy atom. The molecule has 0 radical (unpaired) electrons. The van der Waals surface area contributed by atoms with Crippen LogP contribution in [0.3, 0.4) is 0 Å². The molecule has 0 spiro atoms. The van der Waals surface area contributed by atoms with Crippen LogP contribution in [0.5, 0.6) is 0 Å². The van der Waals surface area contributed by atoms with Gasteiger partial charge in [-0.3, -0.25) is 4.90 Å². The Morgan fingerprint density at radius 3 is 2.50 bits per heavy atom. The smallest absolute Gasteiger partial charge is 0.0589 e. The molecule has 1 saturated carbocycles. The third kappa shape index (κ3) is 3.05. The van der Waals surface area contributed by atoms with Gasteiger partial charge in [-0.1, -0.05) is 24.3 Å². The summed E-state index contributed by atoms with van der Waals surface area (Å²) in [5, 5.41) is 0. The average Bonchev–Trinajstić information content (AvgIpc) is 3.30. The second-order valence-electron chi connectivity index (χ2n) is 6.22. The van der Waals surface area contributed by atoms with E-state index in [1.807, 2.05) is 0 Å². The molecule has 3 rings (SSSR count). The molecule has 2 atom stereocenters. The second-order valence-corrected chi connectivity index (χ2v) is 6.22. The van der Waals surface area contributed by atoms with Crippen LogP contribution in [-0.4, -0.2) is 37.7 Å². The highest BCUT2D eigenvalue weighted by atomic mass is 16.5. The van der Waals surface area contributed by atoms with E-state index in [1.165, 1.54) is 30.4 Å². The summed E-state index contributed by atoms with van der Waals surface area (Å²) in [5.41, 5.74) is 9.28. The number of likely N-dealkylation sites (tertiary alicyclic amines) is 1. The van der Waals surface area contributed by atoms with Crippen LogP contribution in [0.15, 0.2) is 24.3 Å². The van der Waals surface area contributed by atoms with Crippen LogP contribution in [0.25, 0.3) is 0 Å². The Hall–Kier alpha value is -0.900. The fourth-order valence-corrected chi connectivity index (χ4v) is 3.40. The Kier molecular flexibility index (Phi) is 4.39. The van der Waals surface area contributed by atoms with E-state index in [2.05, 4.69) is 29.2 Å². The van der Waals surface area contributed by atoms with Crippen LogP contribution in [-0.2, 0) is 4.74 Å². The van der Waals surface area contributed by atoms with E-state index < -0.39 is 0 Å². The fraction of sp³-hybridized carbons (Fsp3) is 0.647. The fourth-order valence-electron chi connectivity index (χ4n) is 3.40. The molecule has 20 heavy (non-hydrogen) atoms. The Labute approximate surface area is 122 Å². The number of methoxy groups -OCH3 is 1. The van der Waals surface area contributed by atoms with E-state index in [1.54, 1.807) is 7.11 Å². The quantitative estimate of drug-likeness (QED) is 0.897. The van der Waals surface area contributed by atoms with Gasteiger partial charge in [-0.05, 0) is 49.3 Å². The van der Waals surface area contributed by atoms with Gasteiger partial charge in [-0.2, -0.15) is 0 Å². The van der Waals surface area contributed by atoms with Crippen molar-refractivity contribution in [2.75, 3.05) is 26.8 Å². The zero-order valence-electron chi connectivity index (χ0n) is 12.4. The molecular weight excluding hydrogens is 248 g/mol. The van der Waals surface area contributed by atoms with E-state index in [-0.39, 0.29) is 6.04 Å². The van der Waals surface area contributed by atoms with Crippen molar-refractivity contribution < 1.29 is 4.74 Å². The number of piperidine rings is 1. The van der Waals surface area contributed by atoms with Crippen molar-refractivity contribution in [3.05, 3.63) is 35.4 Å². The Balaban J connectivity index is 1.75. The van der Waals surface area contributed by atoms with Gasteiger partial charge in [-0.15, -0.1) is 0 Å². The molecule has 3 heteroatoms. The Morgan fingerprint density at radius 1 is 1.15 bits per heavy atom. The number of benzene rings is 1. The van der Waals surface area contributed by atoms with Crippen LogP contribution in [0.1, 0.15) is 48.8 Å². The Bertz CT molecular complexity index is 427. The largest absolute Gasteiger partial charge is 0.383 e. The van der Waals surface area contributed by atoms with Crippen molar-refractivity contribution in [1.82, 2.24) is 4.90 Å². The number of rotatable bonds is 5. The summed E-state index contributed by atoms with van der Waals surface area (Å²) in [5.74, 6) is 0.827. The van der Waals surface area contributed by atoms with Gasteiger partial charge >= 0.3 is 0 Å². The van der Waals surface area contributed by atoms with E-state index in [0.29, 0.717) is 6.04 Å². The minimum atomic E-state index is 0.243. The molecule has 2 unspecified atom stereocenters. The topological polar surface area (TPSA) is 38.5 Å². The van der Waals surface area contributed by atoms with Gasteiger partial charge in [0, 0.05) is 25.7 Å². The summed E-state index contributed by atoms with van der Waals surface area (Å²) in [4.78, 5) is 2.49. The van der Waals surface area contributed by atoms with Gasteiger partial charge in [0.15, 0.2) is 0 Å². The van der Waals surface area contributed by atoms with Crippen LogP contribution in [0.4, 0.5) is 0 Å². The molecule has 110 valence electrons. The van der Waals surface area contributed by atoms with Gasteiger partial charge in [0.05, 0.1) is 6.61 Å². The molecule has 1 heterocycles. The number of ether oxygens (including phenoxy) is 1. The van der Waals surface area contributed by atoms with E-state index in [4.69, 9.17) is 10.5 Å². The number of nitrogens with two attached hydrogens (primary N) is 1. The van der Waals surface area contributed by atoms with Crippen molar-refractivity contribution in [3.63, 3.8) is 0 Å². The standard InChI is InChI=1S/C17H26N2O/c1-20-12-11-19-10-2-3-16(18)17(19)15-8-6-14(7-9-15)13-4-5-13/h6-9,13,16-17H,2-5,10-12,18H2,1H3. The molecule has 1 aliphatic carbocycles. The molecule has 1 aromatic carbocycles. The minimum Gasteiger partial charge on any atom is -0.383 e. The number of nitrogens with zero attached hydrogens (tertiary/aromatic N) is 1. The highest BCUT2D eigenvalue weighted by Crippen LogP contribution is 2.40. The lowest BCUT2D eigenvalue weighted by Gasteiger charge is -2.40. The van der Waals surface area contributed by atoms with Crippen molar-refractivity contribution in [1.29, 1.82) is 0 Å². The molecule has 0 aromatic heterocycles. The molecule has 2 aliphatic rings. The maximum atomic E-state index is 6.40. The van der Waals surface area contributed by atoms with E-state index in [0.717, 1.165) is 32.0 Å². The highest BCUT2D eigenvalue weighted by Gasteiger charge is 2.30. The van der Waals surface area contributed by atoms with E-state index in [9.17, 15) is 0 Å². The molecule has 2 N–H and O–H groups in total. The van der Waals surface area contributed by atoms with Crippen LogP contribution in [0.2, 0.25) is 0 Å². The summed E-state index contributed by atoms with van der Waals surface area (Å²) >= 11 is 0. The molecule has 0 amide bonds. The zero-order valence-corrected chi connectivity index (χ0v) is 12.4. The molecular formula is C17H26N2O. The molecule has 1 aromatic rings. The lowest BCUT2D eigenvalue weighted by Crippen LogP contribution is -2.46. The highest BCUT2D eigenvalue weighted by molar-refractivity contribution is 5.30. The maximum absolute atomic E-state index is 6.40. The lowest BCUT2D eigenvalue weighted by molar-refractivity contribution is 0.0848. The van der Waals surface area contributed by atoms with Crippen molar-refractivity contribution in [3.8, 4) is 0 Å². The van der Waals surface area contributed by atoms with Gasteiger partial charge in [0.2, 0.25) is 0 Å². The normalized spacial score (nSPS) is 27.7. The predicted molar refractivity (Wildman–Crippen MR) is 81.8 cm³/mol. The van der Waals surface area contributed by atoms with Crippen LogP contribution >= 0.6 is 0 Å².